The highest BCUT2D eigenvalue weighted by atomic mass is 16.5. The molecule has 0 bridgehead atoms. The molecule has 0 aliphatic carbocycles. The average Bonchev–Trinajstić information content (AvgIpc) is 2.27. The van der Waals surface area contributed by atoms with Gasteiger partial charge in [0, 0.05) is 6.04 Å². The maximum Gasteiger partial charge on any atom is 0.119 e. The summed E-state index contributed by atoms with van der Waals surface area (Å²) in [6, 6.07) is 8.54. The summed E-state index contributed by atoms with van der Waals surface area (Å²) in [5, 5.41) is 0. The van der Waals surface area contributed by atoms with Crippen LogP contribution in [0.1, 0.15) is 32.8 Å². The Morgan fingerprint density at radius 2 is 1.94 bits per heavy atom. The number of aryl methyl sites for hydroxylation is 1. The van der Waals surface area contributed by atoms with Crippen LogP contribution in [0.15, 0.2) is 35.9 Å². The summed E-state index contributed by atoms with van der Waals surface area (Å²) in [5.74, 6) is 0.923. The summed E-state index contributed by atoms with van der Waals surface area (Å²) in [7, 11) is 0. The lowest BCUT2D eigenvalue weighted by atomic mass is 10.1. The number of ether oxygens (including phenoxy) is 1. The van der Waals surface area contributed by atoms with Gasteiger partial charge in [-0.05, 0) is 57.4 Å². The van der Waals surface area contributed by atoms with Gasteiger partial charge in [0.2, 0.25) is 0 Å². The molecule has 0 fully saturated rings. The number of nitrogens with two attached hydrogens (primary N) is 1. The molecule has 0 aliphatic heterocycles. The summed E-state index contributed by atoms with van der Waals surface area (Å²) in [4.78, 5) is 0. The number of allylic oxidation sites excluding steroid dienone is 1. The fraction of sp³-hybridized carbons (Fsp3) is 0.467. The summed E-state index contributed by atoms with van der Waals surface area (Å²) < 4.78 is 5.60. The minimum atomic E-state index is 0.267. The van der Waals surface area contributed by atoms with E-state index in [4.69, 9.17) is 10.5 Å². The molecule has 2 heteroatoms. The third-order valence-corrected chi connectivity index (χ3v) is 2.55. The molecule has 1 aromatic carbocycles. The van der Waals surface area contributed by atoms with E-state index >= 15 is 0 Å². The van der Waals surface area contributed by atoms with Gasteiger partial charge in [0.05, 0.1) is 0 Å². The first-order valence-corrected chi connectivity index (χ1v) is 6.18. The molecule has 0 heterocycles. The van der Waals surface area contributed by atoms with Gasteiger partial charge in [-0.1, -0.05) is 17.7 Å². The zero-order chi connectivity index (χ0) is 12.7. The quantitative estimate of drug-likeness (QED) is 0.765. The van der Waals surface area contributed by atoms with E-state index < -0.39 is 0 Å². The Hall–Kier alpha value is -1.28. The highest BCUT2D eigenvalue weighted by molar-refractivity contribution is 5.27. The van der Waals surface area contributed by atoms with E-state index in [1.165, 1.54) is 11.1 Å². The first-order valence-electron chi connectivity index (χ1n) is 6.18. The molecule has 0 aliphatic rings. The molecule has 0 radical (unpaired) electrons. The van der Waals surface area contributed by atoms with Crippen LogP contribution < -0.4 is 10.5 Å². The van der Waals surface area contributed by atoms with Crippen molar-refractivity contribution in [3.8, 4) is 5.75 Å². The molecule has 1 unspecified atom stereocenters. The Morgan fingerprint density at radius 3 is 2.47 bits per heavy atom. The molecule has 2 N–H and O–H groups in total. The number of hydrogen-bond donors (Lipinski definition) is 1. The predicted molar refractivity (Wildman–Crippen MR) is 73.3 cm³/mol. The lowest BCUT2D eigenvalue weighted by Gasteiger charge is -2.07. The Labute approximate surface area is 104 Å². The monoisotopic (exact) mass is 233 g/mol. The van der Waals surface area contributed by atoms with Crippen LogP contribution in [0.2, 0.25) is 0 Å². The fourth-order valence-electron chi connectivity index (χ4n) is 1.45. The molecule has 17 heavy (non-hydrogen) atoms. The van der Waals surface area contributed by atoms with Crippen LogP contribution in [0.4, 0.5) is 0 Å². The smallest absolute Gasteiger partial charge is 0.119 e. The second-order valence-corrected chi connectivity index (χ2v) is 4.75. The minimum absolute atomic E-state index is 0.267. The van der Waals surface area contributed by atoms with Crippen LogP contribution in [-0.4, -0.2) is 12.6 Å². The zero-order valence-corrected chi connectivity index (χ0v) is 11.1. The van der Waals surface area contributed by atoms with Crippen LogP contribution in [0.25, 0.3) is 0 Å². The van der Waals surface area contributed by atoms with Crippen molar-refractivity contribution in [1.29, 1.82) is 0 Å². The Morgan fingerprint density at radius 1 is 1.29 bits per heavy atom. The van der Waals surface area contributed by atoms with Crippen LogP contribution in [0.5, 0.6) is 5.75 Å². The molecule has 2 nitrogen and oxygen atoms in total. The topological polar surface area (TPSA) is 35.2 Å². The van der Waals surface area contributed by atoms with E-state index in [0.717, 1.165) is 18.6 Å². The minimum Gasteiger partial charge on any atom is -0.490 e. The maximum absolute atomic E-state index is 5.73. The first-order chi connectivity index (χ1) is 8.08. The number of benzene rings is 1. The summed E-state index contributed by atoms with van der Waals surface area (Å²) in [5.41, 5.74) is 8.33. The van der Waals surface area contributed by atoms with Gasteiger partial charge in [-0.2, -0.15) is 0 Å². The van der Waals surface area contributed by atoms with E-state index in [2.05, 4.69) is 32.1 Å². The van der Waals surface area contributed by atoms with Crippen molar-refractivity contribution in [3.05, 3.63) is 41.5 Å². The van der Waals surface area contributed by atoms with Crippen molar-refractivity contribution < 1.29 is 4.74 Å². The van der Waals surface area contributed by atoms with Gasteiger partial charge in [0.25, 0.3) is 0 Å². The predicted octanol–water partition coefficient (Wildman–Crippen LogP) is 3.31. The molecule has 0 saturated carbocycles. The largest absolute Gasteiger partial charge is 0.490 e. The fourth-order valence-corrected chi connectivity index (χ4v) is 1.45. The number of rotatable bonds is 6. The summed E-state index contributed by atoms with van der Waals surface area (Å²) in [6.45, 7) is 6.82. The Balaban J connectivity index is 2.42. The van der Waals surface area contributed by atoms with E-state index in [0.29, 0.717) is 6.61 Å². The van der Waals surface area contributed by atoms with Gasteiger partial charge in [-0.3, -0.25) is 0 Å². The SMILES string of the molecule is CC(C)=CCOc1ccc(CCC(C)N)cc1. The molecule has 0 amide bonds. The molecule has 1 aromatic rings. The van der Waals surface area contributed by atoms with Gasteiger partial charge in [0.15, 0.2) is 0 Å². The summed E-state index contributed by atoms with van der Waals surface area (Å²) in [6.07, 6.45) is 4.13. The lowest BCUT2D eigenvalue weighted by Crippen LogP contribution is -2.15. The van der Waals surface area contributed by atoms with Gasteiger partial charge in [-0.15, -0.1) is 0 Å². The third kappa shape index (κ3) is 6.12. The van der Waals surface area contributed by atoms with E-state index in [9.17, 15) is 0 Å². The van der Waals surface area contributed by atoms with Crippen LogP contribution >= 0.6 is 0 Å². The lowest BCUT2D eigenvalue weighted by molar-refractivity contribution is 0.362. The normalized spacial score (nSPS) is 12.0. The molecule has 0 saturated heterocycles. The van der Waals surface area contributed by atoms with Crippen molar-refractivity contribution in [2.75, 3.05) is 6.61 Å². The van der Waals surface area contributed by atoms with Gasteiger partial charge in [0.1, 0.15) is 12.4 Å². The molecule has 0 aromatic heterocycles. The van der Waals surface area contributed by atoms with Crippen molar-refractivity contribution in [2.24, 2.45) is 5.73 Å². The van der Waals surface area contributed by atoms with Crippen molar-refractivity contribution in [1.82, 2.24) is 0 Å². The number of hydrogen-bond acceptors (Lipinski definition) is 2. The molecule has 1 rings (SSSR count). The summed E-state index contributed by atoms with van der Waals surface area (Å²) >= 11 is 0. The van der Waals surface area contributed by atoms with Gasteiger partial charge in [-0.25, -0.2) is 0 Å². The van der Waals surface area contributed by atoms with E-state index in [-0.39, 0.29) is 6.04 Å². The van der Waals surface area contributed by atoms with Crippen LogP contribution in [-0.2, 0) is 6.42 Å². The third-order valence-electron chi connectivity index (χ3n) is 2.55. The van der Waals surface area contributed by atoms with Crippen LogP contribution in [0, 0.1) is 0 Å². The Kier molecular flexibility index (Phi) is 5.78. The van der Waals surface area contributed by atoms with Crippen molar-refractivity contribution in [2.45, 2.75) is 39.7 Å². The highest BCUT2D eigenvalue weighted by Gasteiger charge is 1.98. The van der Waals surface area contributed by atoms with Gasteiger partial charge < -0.3 is 10.5 Å². The molecule has 0 spiro atoms. The molecular formula is C15H23NO. The molecule has 1 atom stereocenters. The first kappa shape index (κ1) is 13.8. The standard InChI is InChI=1S/C15H23NO/c1-12(2)10-11-17-15-8-6-14(7-9-15)5-4-13(3)16/h6-10,13H,4-5,11,16H2,1-3H3. The highest BCUT2D eigenvalue weighted by Crippen LogP contribution is 2.13. The molecular weight excluding hydrogens is 210 g/mol. The second kappa shape index (κ2) is 7.13. The Bertz CT molecular complexity index is 348. The van der Waals surface area contributed by atoms with Gasteiger partial charge >= 0.3 is 0 Å². The molecule has 94 valence electrons. The maximum atomic E-state index is 5.73. The van der Waals surface area contributed by atoms with Crippen molar-refractivity contribution >= 4 is 0 Å². The average molecular weight is 233 g/mol. The zero-order valence-electron chi connectivity index (χ0n) is 11.1. The van der Waals surface area contributed by atoms with E-state index in [1.807, 2.05) is 19.1 Å². The van der Waals surface area contributed by atoms with Crippen LogP contribution in [0.3, 0.4) is 0 Å². The second-order valence-electron chi connectivity index (χ2n) is 4.75. The van der Waals surface area contributed by atoms with Crippen molar-refractivity contribution in [3.63, 3.8) is 0 Å². The van der Waals surface area contributed by atoms with E-state index in [1.54, 1.807) is 0 Å².